The van der Waals surface area contributed by atoms with Gasteiger partial charge in [0.25, 0.3) is 5.91 Å². The number of benzene rings is 1. The molecular formula is C17H18N4O5S3. The van der Waals surface area contributed by atoms with Crippen molar-refractivity contribution in [2.45, 2.75) is 6.54 Å². The van der Waals surface area contributed by atoms with Gasteiger partial charge in [-0.25, -0.2) is 13.4 Å². The molecule has 0 aliphatic heterocycles. The van der Waals surface area contributed by atoms with Gasteiger partial charge in [0.15, 0.2) is 19.8 Å². The van der Waals surface area contributed by atoms with Gasteiger partial charge in [0, 0.05) is 25.2 Å². The van der Waals surface area contributed by atoms with Crippen LogP contribution in [0.5, 0.6) is 0 Å². The molecule has 0 unspecified atom stereocenters. The third kappa shape index (κ3) is 5.79. The Bertz CT molecular complexity index is 1180. The average Bonchev–Trinajstić information content (AvgIpc) is 3.26. The number of para-hydroxylation sites is 1. The number of aromatic nitrogens is 2. The number of amides is 2. The lowest BCUT2D eigenvalue weighted by atomic mass is 10.3. The molecule has 12 heteroatoms. The molecule has 1 aromatic carbocycles. The van der Waals surface area contributed by atoms with Gasteiger partial charge in [0.05, 0.1) is 16.8 Å². The number of hydrogen-bond acceptors (Lipinski definition) is 8. The number of nitrogens with one attached hydrogen (secondary N) is 1. The Morgan fingerprint density at radius 3 is 2.79 bits per heavy atom. The quantitative estimate of drug-likeness (QED) is 0.548. The van der Waals surface area contributed by atoms with Gasteiger partial charge >= 0.3 is 0 Å². The molecule has 0 fully saturated rings. The van der Waals surface area contributed by atoms with Gasteiger partial charge in [0.1, 0.15) is 11.5 Å². The Morgan fingerprint density at radius 2 is 2.07 bits per heavy atom. The van der Waals surface area contributed by atoms with Gasteiger partial charge in [0.2, 0.25) is 5.91 Å². The minimum absolute atomic E-state index is 0.297. The number of ether oxygens (including phenoxy) is 1. The van der Waals surface area contributed by atoms with Crippen molar-refractivity contribution in [3.05, 3.63) is 40.6 Å². The summed E-state index contributed by atoms with van der Waals surface area (Å²) in [5, 5.41) is 4.33. The lowest BCUT2D eigenvalue weighted by Crippen LogP contribution is -2.28. The molecular weight excluding hydrogens is 436 g/mol. The van der Waals surface area contributed by atoms with Crippen LogP contribution in [0, 0.1) is 0 Å². The monoisotopic (exact) mass is 454 g/mol. The summed E-state index contributed by atoms with van der Waals surface area (Å²) in [5.74, 6) is -3.24. The van der Waals surface area contributed by atoms with Crippen LogP contribution >= 0.6 is 22.7 Å². The number of carbonyl (C=O) groups excluding carboxylic acids is 2. The lowest BCUT2D eigenvalue weighted by Gasteiger charge is -2.04. The molecule has 3 aromatic rings. The molecule has 0 bridgehead atoms. The first-order valence-electron chi connectivity index (χ1n) is 8.42. The number of anilines is 1. The number of thiazole rings is 2. The molecule has 0 spiro atoms. The predicted octanol–water partition coefficient (Wildman–Crippen LogP) is 1.29. The van der Waals surface area contributed by atoms with Gasteiger partial charge < -0.3 is 14.6 Å². The van der Waals surface area contributed by atoms with Crippen LogP contribution in [0.4, 0.5) is 5.13 Å². The molecule has 2 heterocycles. The van der Waals surface area contributed by atoms with E-state index in [1.807, 2.05) is 28.8 Å². The highest BCUT2D eigenvalue weighted by atomic mass is 32.2. The SMILES string of the molecule is COCCn1c(=NC(=O)CS(=O)(=O)CC(=O)Nc2nccs2)sc2ccccc21. The number of carbonyl (C=O) groups is 2. The number of hydrogen-bond donors (Lipinski definition) is 1. The predicted molar refractivity (Wildman–Crippen MR) is 112 cm³/mol. The second-order valence-corrected chi connectivity index (χ2v) is 9.89. The van der Waals surface area contributed by atoms with Crippen molar-refractivity contribution in [3.63, 3.8) is 0 Å². The molecule has 3 rings (SSSR count). The third-order valence-electron chi connectivity index (χ3n) is 3.70. The van der Waals surface area contributed by atoms with Crippen LogP contribution < -0.4 is 10.1 Å². The van der Waals surface area contributed by atoms with Crippen LogP contribution in [0.2, 0.25) is 0 Å². The maximum absolute atomic E-state index is 12.3. The number of sulfone groups is 1. The average molecular weight is 455 g/mol. The summed E-state index contributed by atoms with van der Waals surface area (Å²) in [6, 6.07) is 7.53. The van der Waals surface area contributed by atoms with E-state index in [2.05, 4.69) is 15.3 Å². The van der Waals surface area contributed by atoms with Gasteiger partial charge in [-0.05, 0) is 12.1 Å². The molecule has 154 valence electrons. The van der Waals surface area contributed by atoms with Crippen LogP contribution in [0.25, 0.3) is 10.2 Å². The molecule has 1 N–H and O–H groups in total. The highest BCUT2D eigenvalue weighted by molar-refractivity contribution is 7.92. The minimum Gasteiger partial charge on any atom is -0.383 e. The zero-order valence-corrected chi connectivity index (χ0v) is 17.8. The largest absolute Gasteiger partial charge is 0.383 e. The fraction of sp³-hybridized carbons (Fsp3) is 0.294. The van der Waals surface area contributed by atoms with Gasteiger partial charge in [-0.2, -0.15) is 4.99 Å². The zero-order valence-electron chi connectivity index (χ0n) is 15.4. The summed E-state index contributed by atoms with van der Waals surface area (Å²) in [6.45, 7) is 0.882. The van der Waals surface area contributed by atoms with E-state index in [-0.39, 0.29) is 0 Å². The van der Waals surface area contributed by atoms with Crippen molar-refractivity contribution in [2.24, 2.45) is 4.99 Å². The van der Waals surface area contributed by atoms with Crippen molar-refractivity contribution in [1.82, 2.24) is 9.55 Å². The minimum atomic E-state index is -3.97. The second kappa shape index (κ2) is 9.39. The highest BCUT2D eigenvalue weighted by Crippen LogP contribution is 2.16. The van der Waals surface area contributed by atoms with Crippen molar-refractivity contribution < 1.29 is 22.7 Å². The summed E-state index contributed by atoms with van der Waals surface area (Å²) in [7, 11) is -2.40. The zero-order chi connectivity index (χ0) is 20.9. The molecule has 2 amide bonds. The lowest BCUT2D eigenvalue weighted by molar-refractivity contribution is -0.115. The van der Waals surface area contributed by atoms with Gasteiger partial charge in [-0.15, -0.1) is 11.3 Å². The van der Waals surface area contributed by atoms with E-state index >= 15 is 0 Å². The first-order valence-corrected chi connectivity index (χ1v) is 11.9. The first-order chi connectivity index (χ1) is 13.9. The molecule has 0 radical (unpaired) electrons. The molecule has 0 saturated carbocycles. The second-order valence-electron chi connectivity index (χ2n) is 5.92. The highest BCUT2D eigenvalue weighted by Gasteiger charge is 2.21. The van der Waals surface area contributed by atoms with Crippen LogP contribution in [-0.2, 0) is 30.7 Å². The van der Waals surface area contributed by atoms with E-state index < -0.39 is 33.2 Å². The Balaban J connectivity index is 1.76. The van der Waals surface area contributed by atoms with Crippen LogP contribution in [0.15, 0.2) is 40.8 Å². The Hall–Kier alpha value is -2.41. The van der Waals surface area contributed by atoms with E-state index in [1.165, 1.54) is 28.9 Å². The summed E-state index contributed by atoms with van der Waals surface area (Å²) in [6.07, 6.45) is 1.49. The number of nitrogens with zero attached hydrogens (tertiary/aromatic N) is 3. The smallest absolute Gasteiger partial charge is 0.263 e. The first kappa shape index (κ1) is 21.3. The summed E-state index contributed by atoms with van der Waals surface area (Å²) >= 11 is 2.45. The topological polar surface area (TPSA) is 120 Å². The van der Waals surface area contributed by atoms with Crippen LogP contribution in [0.1, 0.15) is 0 Å². The normalized spacial score (nSPS) is 12.4. The molecule has 0 atom stereocenters. The number of methoxy groups -OCH3 is 1. The molecule has 0 saturated heterocycles. The molecule has 2 aromatic heterocycles. The molecule has 9 nitrogen and oxygen atoms in total. The van der Waals surface area contributed by atoms with Crippen molar-refractivity contribution in [3.8, 4) is 0 Å². The van der Waals surface area contributed by atoms with Crippen molar-refractivity contribution in [2.75, 3.05) is 30.5 Å². The Kier molecular flexibility index (Phi) is 6.90. The van der Waals surface area contributed by atoms with Crippen molar-refractivity contribution >= 4 is 59.7 Å². The maximum Gasteiger partial charge on any atom is 0.263 e. The van der Waals surface area contributed by atoms with Crippen molar-refractivity contribution in [1.29, 1.82) is 0 Å². The number of fused-ring (bicyclic) bond motifs is 1. The maximum atomic E-state index is 12.3. The number of rotatable bonds is 8. The summed E-state index contributed by atoms with van der Waals surface area (Å²) in [4.78, 5) is 32.4. The third-order valence-corrected chi connectivity index (χ3v) is 6.84. The van der Waals surface area contributed by atoms with E-state index in [1.54, 1.807) is 12.5 Å². The van der Waals surface area contributed by atoms with Gasteiger partial charge in [-0.1, -0.05) is 23.5 Å². The van der Waals surface area contributed by atoms with E-state index in [0.29, 0.717) is 23.1 Å². The summed E-state index contributed by atoms with van der Waals surface area (Å²) < 4.78 is 32.3. The Morgan fingerprint density at radius 1 is 1.28 bits per heavy atom. The van der Waals surface area contributed by atoms with Crippen LogP contribution in [0.3, 0.4) is 0 Å². The molecule has 0 aliphatic rings. The van der Waals surface area contributed by atoms with E-state index in [4.69, 9.17) is 4.74 Å². The molecule has 0 aliphatic carbocycles. The van der Waals surface area contributed by atoms with E-state index in [9.17, 15) is 18.0 Å². The Labute approximate surface area is 174 Å². The van der Waals surface area contributed by atoms with Gasteiger partial charge in [-0.3, -0.25) is 9.59 Å². The summed E-state index contributed by atoms with van der Waals surface area (Å²) in [5.41, 5.74) is 0.881. The van der Waals surface area contributed by atoms with Crippen LogP contribution in [-0.4, -0.2) is 55.0 Å². The fourth-order valence-electron chi connectivity index (χ4n) is 2.52. The fourth-order valence-corrected chi connectivity index (χ4v) is 5.16. The van der Waals surface area contributed by atoms with E-state index in [0.717, 1.165) is 10.2 Å². The molecule has 29 heavy (non-hydrogen) atoms. The standard InChI is InChI=1S/C17H18N4O5S3/c1-26-8-7-21-12-4-2-3-5-13(12)28-17(21)20-15(23)11-29(24,25)10-14(22)19-16-18-6-9-27-16/h2-6,9H,7-8,10-11H2,1H3,(H,18,19,22).